The maximum atomic E-state index is 12.4. The standard InChI is InChI=1S/C25H23N5O3S/c1-32-21-14-13-19(22(15-21)33-2)16-26-27-23(31)17-34-25-29-28-24(18-9-5-3-6-10-18)30(25)20-11-7-4-8-12-20/h3-16H,17H2,1-2H3,(H,27,31)/b26-16+. The summed E-state index contributed by atoms with van der Waals surface area (Å²) in [5.41, 5.74) is 5.11. The number of benzene rings is 3. The number of thioether (sulfide) groups is 1. The maximum absolute atomic E-state index is 12.4. The van der Waals surface area contributed by atoms with Crippen LogP contribution in [0.2, 0.25) is 0 Å². The molecule has 0 radical (unpaired) electrons. The van der Waals surface area contributed by atoms with Crippen molar-refractivity contribution in [3.63, 3.8) is 0 Å². The molecule has 0 unspecified atom stereocenters. The van der Waals surface area contributed by atoms with Crippen molar-refractivity contribution in [2.75, 3.05) is 20.0 Å². The Hall–Kier alpha value is -4.11. The second-order valence-corrected chi connectivity index (χ2v) is 7.98. The highest BCUT2D eigenvalue weighted by Gasteiger charge is 2.17. The third kappa shape index (κ3) is 5.44. The minimum absolute atomic E-state index is 0.122. The van der Waals surface area contributed by atoms with E-state index >= 15 is 0 Å². The molecule has 0 saturated carbocycles. The van der Waals surface area contributed by atoms with Crippen LogP contribution in [0.25, 0.3) is 17.1 Å². The number of nitrogens with one attached hydrogen (secondary N) is 1. The summed E-state index contributed by atoms with van der Waals surface area (Å²) >= 11 is 1.29. The van der Waals surface area contributed by atoms with Crippen LogP contribution in [0.3, 0.4) is 0 Å². The van der Waals surface area contributed by atoms with E-state index in [1.54, 1.807) is 32.4 Å². The Balaban J connectivity index is 1.46. The number of aromatic nitrogens is 3. The Morgan fingerprint density at radius 1 is 1.00 bits per heavy atom. The van der Waals surface area contributed by atoms with Crippen LogP contribution in [-0.4, -0.2) is 46.9 Å². The van der Waals surface area contributed by atoms with Crippen molar-refractivity contribution >= 4 is 23.9 Å². The molecule has 1 heterocycles. The third-order valence-corrected chi connectivity index (χ3v) is 5.77. The fourth-order valence-corrected chi connectivity index (χ4v) is 3.95. The number of methoxy groups -OCH3 is 2. The zero-order valence-corrected chi connectivity index (χ0v) is 19.5. The van der Waals surface area contributed by atoms with Crippen molar-refractivity contribution in [1.82, 2.24) is 20.2 Å². The number of hydrazone groups is 1. The second-order valence-electron chi connectivity index (χ2n) is 7.03. The zero-order valence-electron chi connectivity index (χ0n) is 18.7. The Kier molecular flexibility index (Phi) is 7.56. The smallest absolute Gasteiger partial charge is 0.250 e. The van der Waals surface area contributed by atoms with Gasteiger partial charge in [0, 0.05) is 22.9 Å². The molecule has 172 valence electrons. The molecule has 1 amide bonds. The summed E-state index contributed by atoms with van der Waals surface area (Å²) in [5, 5.41) is 13.4. The largest absolute Gasteiger partial charge is 0.497 e. The zero-order chi connectivity index (χ0) is 23.8. The van der Waals surface area contributed by atoms with E-state index in [4.69, 9.17) is 9.47 Å². The van der Waals surface area contributed by atoms with Gasteiger partial charge >= 0.3 is 0 Å². The van der Waals surface area contributed by atoms with Crippen LogP contribution in [0.1, 0.15) is 5.56 Å². The SMILES string of the molecule is COc1ccc(/C=N/NC(=O)CSc2nnc(-c3ccccc3)n2-c2ccccc2)c(OC)c1. The van der Waals surface area contributed by atoms with Gasteiger partial charge in [0.25, 0.3) is 5.91 Å². The number of carbonyl (C=O) groups excluding carboxylic acids is 1. The number of nitrogens with zero attached hydrogens (tertiary/aromatic N) is 4. The number of para-hydroxylation sites is 1. The fourth-order valence-electron chi connectivity index (χ4n) is 3.21. The molecule has 8 nitrogen and oxygen atoms in total. The van der Waals surface area contributed by atoms with E-state index in [0.29, 0.717) is 28.0 Å². The van der Waals surface area contributed by atoms with Crippen molar-refractivity contribution in [2.45, 2.75) is 5.16 Å². The summed E-state index contributed by atoms with van der Waals surface area (Å²) in [6, 6.07) is 25.0. The minimum Gasteiger partial charge on any atom is -0.497 e. The molecular weight excluding hydrogens is 450 g/mol. The van der Waals surface area contributed by atoms with E-state index < -0.39 is 0 Å². The normalized spacial score (nSPS) is 10.9. The van der Waals surface area contributed by atoms with Crippen molar-refractivity contribution in [3.05, 3.63) is 84.4 Å². The Morgan fingerprint density at radius 3 is 2.44 bits per heavy atom. The van der Waals surface area contributed by atoms with Crippen LogP contribution in [0.15, 0.2) is 89.1 Å². The molecule has 0 fully saturated rings. The summed E-state index contributed by atoms with van der Waals surface area (Å²) in [4.78, 5) is 12.4. The number of hydrogen-bond acceptors (Lipinski definition) is 7. The number of hydrogen-bond donors (Lipinski definition) is 1. The van der Waals surface area contributed by atoms with Crippen LogP contribution in [0.4, 0.5) is 0 Å². The van der Waals surface area contributed by atoms with E-state index in [1.807, 2.05) is 65.2 Å². The topological polar surface area (TPSA) is 90.6 Å². The van der Waals surface area contributed by atoms with Gasteiger partial charge in [0.05, 0.1) is 26.2 Å². The van der Waals surface area contributed by atoms with Crippen LogP contribution in [0, 0.1) is 0 Å². The molecule has 34 heavy (non-hydrogen) atoms. The quantitative estimate of drug-likeness (QED) is 0.223. The second kappa shape index (κ2) is 11.2. The van der Waals surface area contributed by atoms with E-state index in [2.05, 4.69) is 20.7 Å². The molecule has 0 aliphatic rings. The molecule has 4 aromatic rings. The van der Waals surface area contributed by atoms with Gasteiger partial charge in [-0.15, -0.1) is 10.2 Å². The summed E-state index contributed by atoms with van der Waals surface area (Å²) in [6.07, 6.45) is 1.53. The van der Waals surface area contributed by atoms with Crippen LogP contribution in [-0.2, 0) is 4.79 Å². The first kappa shape index (κ1) is 23.1. The molecule has 9 heteroatoms. The highest BCUT2D eigenvalue weighted by atomic mass is 32.2. The van der Waals surface area contributed by atoms with Gasteiger partial charge in [-0.2, -0.15) is 5.10 Å². The van der Waals surface area contributed by atoms with Crippen molar-refractivity contribution in [3.8, 4) is 28.6 Å². The maximum Gasteiger partial charge on any atom is 0.250 e. The first-order valence-electron chi connectivity index (χ1n) is 10.4. The third-order valence-electron chi connectivity index (χ3n) is 4.85. The van der Waals surface area contributed by atoms with E-state index in [-0.39, 0.29) is 11.7 Å². The highest BCUT2D eigenvalue weighted by Crippen LogP contribution is 2.28. The van der Waals surface area contributed by atoms with Gasteiger partial charge in [-0.3, -0.25) is 9.36 Å². The Bertz CT molecular complexity index is 1280. The number of rotatable bonds is 9. The summed E-state index contributed by atoms with van der Waals surface area (Å²) < 4.78 is 12.5. The molecule has 1 aromatic heterocycles. The molecule has 0 atom stereocenters. The lowest BCUT2D eigenvalue weighted by Crippen LogP contribution is -2.20. The molecule has 3 aromatic carbocycles. The highest BCUT2D eigenvalue weighted by molar-refractivity contribution is 7.99. The average molecular weight is 474 g/mol. The summed E-state index contributed by atoms with van der Waals surface area (Å²) in [6.45, 7) is 0. The van der Waals surface area contributed by atoms with Gasteiger partial charge in [0.2, 0.25) is 0 Å². The van der Waals surface area contributed by atoms with Gasteiger partial charge in [-0.05, 0) is 24.3 Å². The molecule has 0 saturated heterocycles. The van der Waals surface area contributed by atoms with Gasteiger partial charge in [-0.1, -0.05) is 60.3 Å². The van der Waals surface area contributed by atoms with Gasteiger partial charge in [0.15, 0.2) is 11.0 Å². The first-order valence-corrected chi connectivity index (χ1v) is 11.4. The molecule has 0 aliphatic carbocycles. The predicted octanol–water partition coefficient (Wildman–Crippen LogP) is 4.19. The molecule has 0 aliphatic heterocycles. The van der Waals surface area contributed by atoms with Crippen LogP contribution in [0.5, 0.6) is 11.5 Å². The van der Waals surface area contributed by atoms with Gasteiger partial charge < -0.3 is 9.47 Å². The summed E-state index contributed by atoms with van der Waals surface area (Å²) in [5.74, 6) is 1.83. The Labute approximate surface area is 201 Å². The van der Waals surface area contributed by atoms with Gasteiger partial charge in [0.1, 0.15) is 11.5 Å². The fraction of sp³-hybridized carbons (Fsp3) is 0.120. The number of amides is 1. The van der Waals surface area contributed by atoms with Crippen LogP contribution >= 0.6 is 11.8 Å². The van der Waals surface area contributed by atoms with Crippen LogP contribution < -0.4 is 14.9 Å². The molecule has 4 rings (SSSR count). The monoisotopic (exact) mass is 473 g/mol. The Morgan fingerprint density at radius 2 is 1.74 bits per heavy atom. The lowest BCUT2D eigenvalue weighted by molar-refractivity contribution is -0.118. The minimum atomic E-state index is -0.266. The molecular formula is C25H23N5O3S. The lowest BCUT2D eigenvalue weighted by atomic mass is 10.2. The molecule has 0 spiro atoms. The number of carbonyl (C=O) groups is 1. The summed E-state index contributed by atoms with van der Waals surface area (Å²) in [7, 11) is 3.15. The lowest BCUT2D eigenvalue weighted by Gasteiger charge is -2.10. The van der Waals surface area contributed by atoms with E-state index in [0.717, 1.165) is 11.3 Å². The average Bonchev–Trinajstić information content (AvgIpc) is 3.32. The van der Waals surface area contributed by atoms with Crippen molar-refractivity contribution < 1.29 is 14.3 Å². The first-order chi connectivity index (χ1) is 16.7. The number of ether oxygens (including phenoxy) is 2. The van der Waals surface area contributed by atoms with Crippen molar-refractivity contribution in [1.29, 1.82) is 0 Å². The predicted molar refractivity (Wildman–Crippen MR) is 133 cm³/mol. The van der Waals surface area contributed by atoms with Crippen molar-refractivity contribution in [2.24, 2.45) is 5.10 Å². The van der Waals surface area contributed by atoms with E-state index in [9.17, 15) is 4.79 Å². The molecule has 0 bridgehead atoms. The van der Waals surface area contributed by atoms with Gasteiger partial charge in [-0.25, -0.2) is 5.43 Å². The molecule has 1 N–H and O–H groups in total. The van der Waals surface area contributed by atoms with E-state index in [1.165, 1.54) is 18.0 Å².